The predicted octanol–water partition coefficient (Wildman–Crippen LogP) is 1.69. The van der Waals surface area contributed by atoms with E-state index in [9.17, 15) is 0 Å². The molecule has 0 bridgehead atoms. The van der Waals surface area contributed by atoms with Gasteiger partial charge >= 0.3 is 0 Å². The summed E-state index contributed by atoms with van der Waals surface area (Å²) in [5.41, 5.74) is 6.67. The molecule has 2 N–H and O–H groups in total. The number of hydrogen-bond acceptors (Lipinski definition) is 2. The Morgan fingerprint density at radius 2 is 2.08 bits per heavy atom. The lowest BCUT2D eigenvalue weighted by Gasteiger charge is -2.08. The number of rotatable bonds is 3. The summed E-state index contributed by atoms with van der Waals surface area (Å²) in [6.07, 6.45) is 2.84. The fourth-order valence-electron chi connectivity index (χ4n) is 1.15. The van der Waals surface area contributed by atoms with Gasteiger partial charge in [-0.25, -0.2) is 0 Å². The molecule has 0 atom stereocenters. The van der Waals surface area contributed by atoms with Crippen LogP contribution < -0.4 is 10.5 Å². The van der Waals surface area contributed by atoms with Crippen LogP contribution in [-0.2, 0) is 6.54 Å². The van der Waals surface area contributed by atoms with Crippen molar-refractivity contribution in [1.29, 1.82) is 0 Å². The van der Waals surface area contributed by atoms with Crippen molar-refractivity contribution in [2.45, 2.75) is 25.5 Å². The highest BCUT2D eigenvalue weighted by Gasteiger charge is 2.23. The third-order valence-corrected chi connectivity index (χ3v) is 2.01. The van der Waals surface area contributed by atoms with Crippen LogP contribution >= 0.6 is 0 Å². The van der Waals surface area contributed by atoms with Crippen LogP contribution in [0.4, 0.5) is 0 Å². The Morgan fingerprint density at radius 1 is 1.33 bits per heavy atom. The van der Waals surface area contributed by atoms with E-state index in [1.807, 2.05) is 24.3 Å². The highest BCUT2D eigenvalue weighted by molar-refractivity contribution is 5.33. The maximum absolute atomic E-state index is 5.67. The van der Waals surface area contributed by atoms with Crippen LogP contribution in [-0.4, -0.2) is 6.10 Å². The first-order chi connectivity index (χ1) is 5.90. The molecule has 0 aromatic heterocycles. The zero-order valence-corrected chi connectivity index (χ0v) is 6.99. The molecule has 1 saturated carbocycles. The Bertz CT molecular complexity index is 268. The average molecular weight is 163 g/mol. The molecule has 0 spiro atoms. The van der Waals surface area contributed by atoms with Gasteiger partial charge in [0.25, 0.3) is 0 Å². The minimum atomic E-state index is 0.456. The Morgan fingerprint density at radius 3 is 2.75 bits per heavy atom. The summed E-state index contributed by atoms with van der Waals surface area (Å²) in [7, 11) is 0. The molecule has 0 unspecified atom stereocenters. The highest BCUT2D eigenvalue weighted by Crippen LogP contribution is 2.28. The highest BCUT2D eigenvalue weighted by atomic mass is 16.5. The van der Waals surface area contributed by atoms with E-state index in [1.165, 1.54) is 12.8 Å². The fraction of sp³-hybridized carbons (Fsp3) is 0.400. The van der Waals surface area contributed by atoms with Crippen molar-refractivity contribution >= 4 is 0 Å². The minimum Gasteiger partial charge on any atom is -0.490 e. The van der Waals surface area contributed by atoms with Crippen LogP contribution in [0, 0.1) is 0 Å². The predicted molar refractivity (Wildman–Crippen MR) is 48.0 cm³/mol. The first kappa shape index (κ1) is 7.62. The number of nitrogens with two attached hydrogens (primary N) is 1. The summed E-state index contributed by atoms with van der Waals surface area (Å²) >= 11 is 0. The fourth-order valence-corrected chi connectivity index (χ4v) is 1.15. The molecule has 2 nitrogen and oxygen atoms in total. The zero-order valence-electron chi connectivity index (χ0n) is 6.99. The first-order valence-electron chi connectivity index (χ1n) is 4.35. The van der Waals surface area contributed by atoms with Gasteiger partial charge in [0.15, 0.2) is 0 Å². The quantitative estimate of drug-likeness (QED) is 0.735. The van der Waals surface area contributed by atoms with E-state index in [4.69, 9.17) is 10.5 Å². The molecule has 1 aliphatic carbocycles. The second-order valence-corrected chi connectivity index (χ2v) is 3.13. The maximum atomic E-state index is 5.67. The van der Waals surface area contributed by atoms with E-state index in [1.54, 1.807) is 0 Å². The molecule has 0 saturated heterocycles. The topological polar surface area (TPSA) is 35.2 Å². The second-order valence-electron chi connectivity index (χ2n) is 3.13. The lowest BCUT2D eigenvalue weighted by Crippen LogP contribution is -2.03. The van der Waals surface area contributed by atoms with Gasteiger partial charge < -0.3 is 10.5 Å². The molecule has 1 aliphatic rings. The molecule has 64 valence electrons. The molecule has 0 radical (unpaired) electrons. The monoisotopic (exact) mass is 163 g/mol. The SMILES string of the molecule is NCc1ccccc1OC1CC1. The van der Waals surface area contributed by atoms with Crippen LogP contribution in [0.25, 0.3) is 0 Å². The molecule has 1 aromatic carbocycles. The van der Waals surface area contributed by atoms with Crippen molar-refractivity contribution in [1.82, 2.24) is 0 Å². The summed E-state index contributed by atoms with van der Waals surface area (Å²) in [6, 6.07) is 7.97. The minimum absolute atomic E-state index is 0.456. The number of benzene rings is 1. The van der Waals surface area contributed by atoms with Gasteiger partial charge in [-0.15, -0.1) is 0 Å². The maximum Gasteiger partial charge on any atom is 0.124 e. The summed E-state index contributed by atoms with van der Waals surface area (Å²) in [5.74, 6) is 0.961. The first-order valence-corrected chi connectivity index (χ1v) is 4.35. The molecule has 2 heteroatoms. The smallest absolute Gasteiger partial charge is 0.124 e. The standard InChI is InChI=1S/C10H13NO/c11-7-8-3-1-2-4-10(8)12-9-5-6-9/h1-4,9H,5-7,11H2. The normalized spacial score (nSPS) is 16.1. The summed E-state index contributed by atoms with van der Waals surface area (Å²) in [6.45, 7) is 0.558. The molecule has 1 fully saturated rings. The van der Waals surface area contributed by atoms with Gasteiger partial charge in [-0.2, -0.15) is 0 Å². The van der Waals surface area contributed by atoms with Crippen molar-refractivity contribution in [2.24, 2.45) is 5.73 Å². The van der Waals surface area contributed by atoms with E-state index >= 15 is 0 Å². The van der Waals surface area contributed by atoms with Crippen molar-refractivity contribution in [3.05, 3.63) is 29.8 Å². The van der Waals surface area contributed by atoms with Gasteiger partial charge in [0, 0.05) is 12.1 Å². The van der Waals surface area contributed by atoms with Crippen LogP contribution in [0.15, 0.2) is 24.3 Å². The van der Waals surface area contributed by atoms with E-state index in [0.29, 0.717) is 12.6 Å². The molecular formula is C10H13NO. The lowest BCUT2D eigenvalue weighted by atomic mass is 10.2. The summed E-state index contributed by atoms with van der Waals surface area (Å²) in [5, 5.41) is 0. The van der Waals surface area contributed by atoms with Crippen molar-refractivity contribution in [3.63, 3.8) is 0 Å². The third kappa shape index (κ3) is 1.59. The number of hydrogen-bond donors (Lipinski definition) is 1. The Labute approximate surface area is 72.3 Å². The van der Waals surface area contributed by atoms with Crippen molar-refractivity contribution in [3.8, 4) is 5.75 Å². The van der Waals surface area contributed by atoms with Crippen LogP contribution in [0.2, 0.25) is 0 Å². The van der Waals surface area contributed by atoms with Crippen molar-refractivity contribution in [2.75, 3.05) is 0 Å². The van der Waals surface area contributed by atoms with Crippen LogP contribution in [0.3, 0.4) is 0 Å². The zero-order chi connectivity index (χ0) is 8.39. The molecule has 0 amide bonds. The summed E-state index contributed by atoms with van der Waals surface area (Å²) < 4.78 is 5.67. The molecule has 1 aromatic rings. The Hall–Kier alpha value is -1.02. The molecule has 0 aliphatic heterocycles. The largest absolute Gasteiger partial charge is 0.490 e. The van der Waals surface area contributed by atoms with Gasteiger partial charge in [-0.1, -0.05) is 18.2 Å². The van der Waals surface area contributed by atoms with E-state index in [0.717, 1.165) is 11.3 Å². The Balaban J connectivity index is 2.15. The molecule has 0 heterocycles. The number of para-hydroxylation sites is 1. The molecule has 2 rings (SSSR count). The van der Waals surface area contributed by atoms with Gasteiger partial charge in [-0.3, -0.25) is 0 Å². The lowest BCUT2D eigenvalue weighted by molar-refractivity contribution is 0.300. The number of ether oxygens (including phenoxy) is 1. The molecular weight excluding hydrogens is 150 g/mol. The van der Waals surface area contributed by atoms with Crippen LogP contribution in [0.5, 0.6) is 5.75 Å². The van der Waals surface area contributed by atoms with E-state index < -0.39 is 0 Å². The Kier molecular flexibility index (Phi) is 2.00. The van der Waals surface area contributed by atoms with E-state index in [2.05, 4.69) is 0 Å². The average Bonchev–Trinajstić information content (AvgIpc) is 2.89. The van der Waals surface area contributed by atoms with Gasteiger partial charge in [0.2, 0.25) is 0 Å². The molecule has 12 heavy (non-hydrogen) atoms. The third-order valence-electron chi connectivity index (χ3n) is 2.01. The second kappa shape index (κ2) is 3.15. The van der Waals surface area contributed by atoms with Gasteiger partial charge in [0.1, 0.15) is 5.75 Å². The van der Waals surface area contributed by atoms with Gasteiger partial charge in [0.05, 0.1) is 6.10 Å². The van der Waals surface area contributed by atoms with Crippen LogP contribution in [0.1, 0.15) is 18.4 Å². The van der Waals surface area contributed by atoms with Gasteiger partial charge in [-0.05, 0) is 18.9 Å². The van der Waals surface area contributed by atoms with Crippen molar-refractivity contribution < 1.29 is 4.74 Å². The summed E-state index contributed by atoms with van der Waals surface area (Å²) in [4.78, 5) is 0. The van der Waals surface area contributed by atoms with E-state index in [-0.39, 0.29) is 0 Å².